The lowest BCUT2D eigenvalue weighted by atomic mass is 10.1. The Bertz CT molecular complexity index is 394. The monoisotopic (exact) mass is 252 g/mol. The highest BCUT2D eigenvalue weighted by atomic mass is 16.4. The molecule has 1 unspecified atom stereocenters. The zero-order valence-corrected chi connectivity index (χ0v) is 9.80. The zero-order chi connectivity index (χ0) is 13.4. The smallest absolute Gasteiger partial charge is 0.328 e. The van der Waals surface area contributed by atoms with E-state index in [1.165, 1.54) is 0 Å². The Morgan fingerprint density at radius 3 is 2.44 bits per heavy atom. The Kier molecular flexibility index (Phi) is 5.66. The van der Waals surface area contributed by atoms with Gasteiger partial charge in [0.2, 0.25) is 0 Å². The van der Waals surface area contributed by atoms with Gasteiger partial charge in [-0.2, -0.15) is 0 Å². The van der Waals surface area contributed by atoms with Crippen LogP contribution in [0.4, 0.5) is 4.79 Å². The molecular weight excluding hydrogens is 236 g/mol. The van der Waals surface area contributed by atoms with Gasteiger partial charge in [-0.1, -0.05) is 30.3 Å². The molecule has 6 nitrogen and oxygen atoms in total. The number of aliphatic hydroxyl groups excluding tert-OH is 1. The summed E-state index contributed by atoms with van der Waals surface area (Å²) in [6.45, 7) is -0.241. The van der Waals surface area contributed by atoms with Crippen molar-refractivity contribution in [3.63, 3.8) is 0 Å². The minimum Gasteiger partial charge on any atom is -0.480 e. The summed E-state index contributed by atoms with van der Waals surface area (Å²) in [7, 11) is 0. The predicted octanol–water partition coefficient (Wildman–Crippen LogP) is -0.0262. The Hall–Kier alpha value is -2.08. The number of nitrogens with one attached hydrogen (secondary N) is 2. The van der Waals surface area contributed by atoms with E-state index in [2.05, 4.69) is 10.6 Å². The maximum absolute atomic E-state index is 11.3. The van der Waals surface area contributed by atoms with Crippen LogP contribution in [0.5, 0.6) is 0 Å². The molecular formula is C12H16N2O4. The first-order chi connectivity index (χ1) is 8.63. The SMILES string of the molecule is O=C(NCCc1ccccc1)NC(CO)C(=O)O. The molecule has 0 saturated carbocycles. The number of hydrogen-bond donors (Lipinski definition) is 4. The van der Waals surface area contributed by atoms with Crippen LogP contribution in [0.3, 0.4) is 0 Å². The van der Waals surface area contributed by atoms with Gasteiger partial charge in [0.25, 0.3) is 0 Å². The maximum Gasteiger partial charge on any atom is 0.328 e. The van der Waals surface area contributed by atoms with Crippen LogP contribution in [0.15, 0.2) is 30.3 Å². The lowest BCUT2D eigenvalue weighted by Crippen LogP contribution is -2.48. The van der Waals surface area contributed by atoms with E-state index in [-0.39, 0.29) is 0 Å². The number of aliphatic carboxylic acids is 1. The van der Waals surface area contributed by atoms with E-state index >= 15 is 0 Å². The molecule has 0 aliphatic rings. The fourth-order valence-electron chi connectivity index (χ4n) is 1.36. The van der Waals surface area contributed by atoms with Crippen molar-refractivity contribution in [2.24, 2.45) is 0 Å². The van der Waals surface area contributed by atoms with Crippen molar-refractivity contribution in [3.05, 3.63) is 35.9 Å². The minimum absolute atomic E-state index is 0.396. The second kappa shape index (κ2) is 7.29. The second-order valence-corrected chi connectivity index (χ2v) is 3.71. The maximum atomic E-state index is 11.3. The molecule has 0 saturated heterocycles. The van der Waals surface area contributed by atoms with E-state index in [1.807, 2.05) is 30.3 Å². The van der Waals surface area contributed by atoms with Crippen LogP contribution in [-0.4, -0.2) is 41.4 Å². The molecule has 2 amide bonds. The molecule has 0 spiro atoms. The Balaban J connectivity index is 2.27. The molecule has 18 heavy (non-hydrogen) atoms. The van der Waals surface area contributed by atoms with Crippen molar-refractivity contribution in [2.45, 2.75) is 12.5 Å². The van der Waals surface area contributed by atoms with Crippen molar-refractivity contribution < 1.29 is 19.8 Å². The molecule has 1 aromatic carbocycles. The molecule has 1 rings (SSSR count). The van der Waals surface area contributed by atoms with E-state index in [0.29, 0.717) is 13.0 Å². The van der Waals surface area contributed by atoms with Crippen LogP contribution in [-0.2, 0) is 11.2 Å². The normalized spacial score (nSPS) is 11.6. The molecule has 0 fully saturated rings. The summed E-state index contributed by atoms with van der Waals surface area (Å²) in [5, 5.41) is 22.0. The van der Waals surface area contributed by atoms with Gasteiger partial charge in [-0.3, -0.25) is 0 Å². The standard InChI is InChI=1S/C12H16N2O4/c15-8-10(11(16)17)14-12(18)13-7-6-9-4-2-1-3-5-9/h1-5,10,15H,6-8H2,(H,16,17)(H2,13,14,18). The summed E-state index contributed by atoms with van der Waals surface area (Å²) in [6.07, 6.45) is 0.658. The van der Waals surface area contributed by atoms with Gasteiger partial charge in [0.15, 0.2) is 6.04 Å². The first-order valence-electron chi connectivity index (χ1n) is 5.55. The second-order valence-electron chi connectivity index (χ2n) is 3.71. The molecule has 0 aliphatic carbocycles. The lowest BCUT2D eigenvalue weighted by molar-refractivity contribution is -0.140. The number of carbonyl (C=O) groups excluding carboxylic acids is 1. The number of carboxylic acid groups (broad SMARTS) is 1. The van der Waals surface area contributed by atoms with Crippen molar-refractivity contribution >= 4 is 12.0 Å². The number of carboxylic acids is 1. The summed E-state index contributed by atoms with van der Waals surface area (Å²) >= 11 is 0. The highest BCUT2D eigenvalue weighted by molar-refractivity contribution is 5.82. The van der Waals surface area contributed by atoms with E-state index in [1.54, 1.807) is 0 Å². The van der Waals surface area contributed by atoms with Gasteiger partial charge >= 0.3 is 12.0 Å². The van der Waals surface area contributed by atoms with Gasteiger partial charge in [-0.25, -0.2) is 9.59 Å². The average Bonchev–Trinajstić information content (AvgIpc) is 2.37. The van der Waals surface area contributed by atoms with Crippen molar-refractivity contribution in [1.29, 1.82) is 0 Å². The molecule has 6 heteroatoms. The molecule has 98 valence electrons. The van der Waals surface area contributed by atoms with Crippen LogP contribution in [0.1, 0.15) is 5.56 Å². The first kappa shape index (κ1) is 14.0. The molecule has 1 aromatic rings. The number of hydrogen-bond acceptors (Lipinski definition) is 3. The van der Waals surface area contributed by atoms with E-state index in [9.17, 15) is 9.59 Å². The van der Waals surface area contributed by atoms with Crippen molar-refractivity contribution in [1.82, 2.24) is 10.6 Å². The van der Waals surface area contributed by atoms with Crippen LogP contribution >= 0.6 is 0 Å². The molecule has 0 bridgehead atoms. The van der Waals surface area contributed by atoms with Gasteiger partial charge in [0, 0.05) is 6.54 Å². The van der Waals surface area contributed by atoms with Crippen molar-refractivity contribution in [2.75, 3.05) is 13.2 Å². The Labute approximate surface area is 105 Å². The van der Waals surface area contributed by atoms with Gasteiger partial charge in [0.05, 0.1) is 6.61 Å². The Morgan fingerprint density at radius 2 is 1.89 bits per heavy atom. The summed E-state index contributed by atoms with van der Waals surface area (Å²) < 4.78 is 0. The average molecular weight is 252 g/mol. The molecule has 0 heterocycles. The fourth-order valence-corrected chi connectivity index (χ4v) is 1.36. The highest BCUT2D eigenvalue weighted by Gasteiger charge is 2.17. The summed E-state index contributed by atoms with van der Waals surface area (Å²) in [6, 6.07) is 7.71. The number of rotatable bonds is 6. The Morgan fingerprint density at radius 1 is 1.22 bits per heavy atom. The molecule has 0 radical (unpaired) electrons. The fraction of sp³-hybridized carbons (Fsp3) is 0.333. The van der Waals surface area contributed by atoms with E-state index in [4.69, 9.17) is 10.2 Å². The third-order valence-corrected chi connectivity index (χ3v) is 2.33. The van der Waals surface area contributed by atoms with E-state index < -0.39 is 24.6 Å². The van der Waals surface area contributed by atoms with E-state index in [0.717, 1.165) is 5.56 Å². The van der Waals surface area contributed by atoms with Crippen LogP contribution in [0.25, 0.3) is 0 Å². The molecule has 0 aromatic heterocycles. The number of carbonyl (C=O) groups is 2. The van der Waals surface area contributed by atoms with Gasteiger partial charge in [-0.05, 0) is 12.0 Å². The van der Waals surface area contributed by atoms with Crippen LogP contribution < -0.4 is 10.6 Å². The summed E-state index contributed by atoms with van der Waals surface area (Å²) in [5.74, 6) is -1.27. The third kappa shape index (κ3) is 4.84. The summed E-state index contributed by atoms with van der Waals surface area (Å²) in [4.78, 5) is 21.9. The number of aliphatic hydroxyl groups is 1. The zero-order valence-electron chi connectivity index (χ0n) is 9.80. The molecule has 4 N–H and O–H groups in total. The van der Waals surface area contributed by atoms with Gasteiger partial charge in [-0.15, -0.1) is 0 Å². The quantitative estimate of drug-likeness (QED) is 0.571. The van der Waals surface area contributed by atoms with Gasteiger partial charge in [0.1, 0.15) is 0 Å². The largest absolute Gasteiger partial charge is 0.480 e. The number of urea groups is 1. The molecule has 1 atom stereocenters. The number of benzene rings is 1. The lowest BCUT2D eigenvalue weighted by Gasteiger charge is -2.12. The topological polar surface area (TPSA) is 98.7 Å². The van der Waals surface area contributed by atoms with Crippen LogP contribution in [0.2, 0.25) is 0 Å². The van der Waals surface area contributed by atoms with Crippen molar-refractivity contribution in [3.8, 4) is 0 Å². The molecule has 0 aliphatic heterocycles. The third-order valence-electron chi connectivity index (χ3n) is 2.33. The minimum atomic E-state index is -1.28. The highest BCUT2D eigenvalue weighted by Crippen LogP contribution is 1.97. The van der Waals surface area contributed by atoms with Crippen LogP contribution in [0, 0.1) is 0 Å². The van der Waals surface area contributed by atoms with Gasteiger partial charge < -0.3 is 20.8 Å². The number of amides is 2. The predicted molar refractivity (Wildman–Crippen MR) is 65.2 cm³/mol. The first-order valence-corrected chi connectivity index (χ1v) is 5.55. The summed E-state index contributed by atoms with van der Waals surface area (Å²) in [5.41, 5.74) is 1.08.